The molecule has 3 fully saturated rings. The smallest absolute Gasteiger partial charge is 0.0358 e. The molecule has 2 aliphatic heterocycles. The zero-order chi connectivity index (χ0) is 15.3. The largest absolute Gasteiger partial charge is 0.329 e. The van der Waals surface area contributed by atoms with E-state index >= 15 is 0 Å². The van der Waals surface area contributed by atoms with Gasteiger partial charge in [-0.25, -0.2) is 0 Å². The summed E-state index contributed by atoms with van der Waals surface area (Å²) in [6.07, 6.45) is 8.08. The number of fused-ring (bicyclic) bond motifs is 2. The van der Waals surface area contributed by atoms with E-state index in [1.807, 2.05) is 0 Å². The lowest BCUT2D eigenvalue weighted by Gasteiger charge is -2.54. The van der Waals surface area contributed by atoms with Crippen LogP contribution in [0.3, 0.4) is 0 Å². The molecule has 2 bridgehead atoms. The van der Waals surface area contributed by atoms with Crippen molar-refractivity contribution in [2.75, 3.05) is 26.7 Å². The van der Waals surface area contributed by atoms with Crippen LogP contribution in [0.25, 0.3) is 0 Å². The summed E-state index contributed by atoms with van der Waals surface area (Å²) in [6.45, 7) is 10.7. The normalized spacial score (nSPS) is 44.7. The summed E-state index contributed by atoms with van der Waals surface area (Å²) in [4.78, 5) is 5.47. The van der Waals surface area contributed by atoms with Crippen LogP contribution in [0.15, 0.2) is 0 Å². The van der Waals surface area contributed by atoms with E-state index in [4.69, 9.17) is 5.73 Å². The van der Waals surface area contributed by atoms with E-state index in [2.05, 4.69) is 37.6 Å². The van der Waals surface area contributed by atoms with Crippen LogP contribution in [0.1, 0.15) is 59.3 Å². The third-order valence-corrected chi connectivity index (χ3v) is 7.14. The van der Waals surface area contributed by atoms with Crippen LogP contribution >= 0.6 is 0 Å². The fourth-order valence-corrected chi connectivity index (χ4v) is 5.54. The maximum Gasteiger partial charge on any atom is 0.0358 e. The van der Waals surface area contributed by atoms with E-state index < -0.39 is 0 Å². The maximum absolute atomic E-state index is 6.38. The number of rotatable bonds is 2. The molecule has 3 aliphatic rings. The molecule has 0 aromatic carbocycles. The first-order chi connectivity index (χ1) is 9.88. The third-order valence-electron chi connectivity index (χ3n) is 7.14. The van der Waals surface area contributed by atoms with Crippen molar-refractivity contribution in [1.82, 2.24) is 9.80 Å². The molecule has 3 heteroatoms. The highest BCUT2D eigenvalue weighted by Crippen LogP contribution is 2.47. The van der Waals surface area contributed by atoms with Gasteiger partial charge in [0, 0.05) is 37.3 Å². The minimum Gasteiger partial charge on any atom is -0.329 e. The van der Waals surface area contributed by atoms with Gasteiger partial charge in [0.1, 0.15) is 0 Å². The highest BCUT2D eigenvalue weighted by Gasteiger charge is 2.49. The van der Waals surface area contributed by atoms with Crippen LogP contribution in [0.5, 0.6) is 0 Å². The van der Waals surface area contributed by atoms with Gasteiger partial charge in [0.2, 0.25) is 0 Å². The van der Waals surface area contributed by atoms with Gasteiger partial charge in [-0.2, -0.15) is 0 Å². The van der Waals surface area contributed by atoms with E-state index in [0.717, 1.165) is 18.6 Å². The van der Waals surface area contributed by atoms with Crippen LogP contribution in [-0.4, -0.2) is 54.1 Å². The Bertz CT molecular complexity index is 381. The second-order valence-corrected chi connectivity index (χ2v) is 8.86. The summed E-state index contributed by atoms with van der Waals surface area (Å²) < 4.78 is 0. The molecular formula is C18H35N3. The first-order valence-corrected chi connectivity index (χ1v) is 9.05. The number of nitrogens with two attached hydrogens (primary N) is 1. The van der Waals surface area contributed by atoms with Crippen molar-refractivity contribution < 1.29 is 0 Å². The van der Waals surface area contributed by atoms with Crippen molar-refractivity contribution in [3.63, 3.8) is 0 Å². The Labute approximate surface area is 131 Å². The van der Waals surface area contributed by atoms with Gasteiger partial charge in [0.25, 0.3) is 0 Å². The predicted molar refractivity (Wildman–Crippen MR) is 89.3 cm³/mol. The second kappa shape index (κ2) is 5.50. The van der Waals surface area contributed by atoms with Gasteiger partial charge in [-0.1, -0.05) is 20.8 Å². The van der Waals surface area contributed by atoms with Crippen molar-refractivity contribution >= 4 is 0 Å². The molecule has 4 unspecified atom stereocenters. The first-order valence-electron chi connectivity index (χ1n) is 9.05. The fourth-order valence-electron chi connectivity index (χ4n) is 5.54. The lowest BCUT2D eigenvalue weighted by Crippen LogP contribution is -2.62. The zero-order valence-electron chi connectivity index (χ0n) is 14.6. The van der Waals surface area contributed by atoms with Crippen molar-refractivity contribution in [3.8, 4) is 0 Å². The maximum atomic E-state index is 6.38. The standard InChI is InChI=1S/C18H35N3/c1-14-11-17(2,3)8-9-18(14,13-19)21-10-7-15-5-6-16(12-21)20(15)4/h14-16H,5-13,19H2,1-4H3. The van der Waals surface area contributed by atoms with Crippen LogP contribution in [0.4, 0.5) is 0 Å². The highest BCUT2D eigenvalue weighted by atomic mass is 15.3. The molecule has 1 aliphatic carbocycles. The number of likely N-dealkylation sites (tertiary alicyclic amines) is 1. The van der Waals surface area contributed by atoms with Gasteiger partial charge in [0.05, 0.1) is 0 Å². The molecule has 0 amide bonds. The van der Waals surface area contributed by atoms with Crippen molar-refractivity contribution in [1.29, 1.82) is 0 Å². The van der Waals surface area contributed by atoms with Crippen LogP contribution in [0.2, 0.25) is 0 Å². The van der Waals surface area contributed by atoms with Gasteiger partial charge in [-0.3, -0.25) is 9.80 Å². The lowest BCUT2D eigenvalue weighted by atomic mass is 9.63. The molecule has 0 aromatic heterocycles. The summed E-state index contributed by atoms with van der Waals surface area (Å²) in [5, 5.41) is 0. The first kappa shape index (κ1) is 15.8. The van der Waals surface area contributed by atoms with E-state index in [1.54, 1.807) is 0 Å². The van der Waals surface area contributed by atoms with Gasteiger partial charge in [0.15, 0.2) is 0 Å². The Hall–Kier alpha value is -0.120. The Morgan fingerprint density at radius 3 is 2.48 bits per heavy atom. The van der Waals surface area contributed by atoms with Gasteiger partial charge >= 0.3 is 0 Å². The molecule has 3 nitrogen and oxygen atoms in total. The number of hydrogen-bond donors (Lipinski definition) is 1. The Balaban J connectivity index is 1.80. The zero-order valence-corrected chi connectivity index (χ0v) is 14.6. The van der Waals surface area contributed by atoms with Crippen LogP contribution in [-0.2, 0) is 0 Å². The SMILES string of the molecule is CC1CC(C)(C)CCC1(CN)N1CCC2CCC(C1)N2C. The van der Waals surface area contributed by atoms with Crippen LogP contribution in [0, 0.1) is 11.3 Å². The molecule has 0 spiro atoms. The summed E-state index contributed by atoms with van der Waals surface area (Å²) in [6, 6.07) is 1.59. The van der Waals surface area contributed by atoms with E-state index in [9.17, 15) is 0 Å². The van der Waals surface area contributed by atoms with Crippen LogP contribution < -0.4 is 5.73 Å². The number of hydrogen-bond acceptors (Lipinski definition) is 3. The summed E-state index contributed by atoms with van der Waals surface area (Å²) >= 11 is 0. The molecular weight excluding hydrogens is 258 g/mol. The molecule has 2 saturated heterocycles. The molecule has 3 rings (SSSR count). The van der Waals surface area contributed by atoms with E-state index in [1.165, 1.54) is 51.6 Å². The Morgan fingerprint density at radius 2 is 1.81 bits per heavy atom. The van der Waals surface area contributed by atoms with E-state index in [-0.39, 0.29) is 5.54 Å². The van der Waals surface area contributed by atoms with Crippen molar-refractivity contribution in [2.24, 2.45) is 17.1 Å². The minimum absolute atomic E-state index is 0.265. The fraction of sp³-hybridized carbons (Fsp3) is 1.00. The number of nitrogens with zero attached hydrogens (tertiary/aromatic N) is 2. The topological polar surface area (TPSA) is 32.5 Å². The van der Waals surface area contributed by atoms with Gasteiger partial charge < -0.3 is 5.73 Å². The quantitative estimate of drug-likeness (QED) is 0.849. The third kappa shape index (κ3) is 2.66. The highest BCUT2D eigenvalue weighted by molar-refractivity contribution is 5.05. The predicted octanol–water partition coefficient (Wildman–Crippen LogP) is 2.70. The molecule has 2 heterocycles. The molecule has 2 N–H and O–H groups in total. The number of likely N-dealkylation sites (N-methyl/N-ethyl adjacent to an activating group) is 1. The summed E-state index contributed by atoms with van der Waals surface area (Å²) in [5.41, 5.74) is 7.14. The summed E-state index contributed by atoms with van der Waals surface area (Å²) in [5.74, 6) is 0.716. The second-order valence-electron chi connectivity index (χ2n) is 8.86. The summed E-state index contributed by atoms with van der Waals surface area (Å²) in [7, 11) is 2.34. The van der Waals surface area contributed by atoms with E-state index in [0.29, 0.717) is 11.3 Å². The van der Waals surface area contributed by atoms with Gasteiger partial charge in [-0.15, -0.1) is 0 Å². The van der Waals surface area contributed by atoms with Crippen molar-refractivity contribution in [3.05, 3.63) is 0 Å². The average Bonchev–Trinajstić information content (AvgIpc) is 2.64. The molecule has 1 saturated carbocycles. The lowest BCUT2D eigenvalue weighted by molar-refractivity contribution is -0.0261. The minimum atomic E-state index is 0.265. The molecule has 0 aromatic rings. The average molecular weight is 293 g/mol. The Morgan fingerprint density at radius 1 is 1.10 bits per heavy atom. The molecule has 122 valence electrons. The monoisotopic (exact) mass is 293 g/mol. The molecule has 21 heavy (non-hydrogen) atoms. The Kier molecular flexibility index (Phi) is 4.13. The van der Waals surface area contributed by atoms with Gasteiger partial charge in [-0.05, 0) is 56.9 Å². The molecule has 0 radical (unpaired) electrons. The van der Waals surface area contributed by atoms with Crippen molar-refractivity contribution in [2.45, 2.75) is 76.9 Å². The molecule has 4 atom stereocenters.